The van der Waals surface area contributed by atoms with E-state index in [1.165, 1.54) is 31.4 Å². The summed E-state index contributed by atoms with van der Waals surface area (Å²) in [4.78, 5) is 37.7. The van der Waals surface area contributed by atoms with Crippen molar-refractivity contribution in [2.75, 3.05) is 18.0 Å². The molecule has 0 saturated carbocycles. The molecule has 2 saturated heterocycles. The number of primary amides is 1. The predicted octanol–water partition coefficient (Wildman–Crippen LogP) is 4.58. The van der Waals surface area contributed by atoms with E-state index in [4.69, 9.17) is 10.8 Å². The summed E-state index contributed by atoms with van der Waals surface area (Å²) in [5.41, 5.74) is 10.3. The average Bonchev–Trinajstić information content (AvgIpc) is 3.27. The van der Waals surface area contributed by atoms with Gasteiger partial charge < -0.3 is 16.0 Å². The molecule has 2 fully saturated rings. The normalized spacial score (nSPS) is 18.2. The van der Waals surface area contributed by atoms with Gasteiger partial charge in [0.15, 0.2) is 0 Å². The number of unbranched alkanes of at least 4 members (excludes halogenated alkanes) is 2. The Hall–Kier alpha value is -3.24. The Balaban J connectivity index is 1.08. The maximum atomic E-state index is 12.2. The van der Waals surface area contributed by atoms with Crippen LogP contribution >= 0.6 is 15.9 Å². The number of hydrogen-bond acceptors (Lipinski definition) is 6. The topological polar surface area (TPSA) is 122 Å². The third-order valence-electron chi connectivity index (χ3n) is 8.52. The van der Waals surface area contributed by atoms with Crippen molar-refractivity contribution in [3.05, 3.63) is 57.7 Å². The van der Waals surface area contributed by atoms with Gasteiger partial charge in [0.05, 0.1) is 17.3 Å². The number of nitrogens with zero attached hydrogens (tertiary/aromatic N) is 3. The number of carbonyl (C=O) groups excluding carboxylic acids is 3. The summed E-state index contributed by atoms with van der Waals surface area (Å²) < 4.78 is 3.04. The molecule has 5 rings (SSSR count). The van der Waals surface area contributed by atoms with E-state index in [9.17, 15) is 14.4 Å². The molecular weight excluding hydrogens is 584 g/mol. The fourth-order valence-electron chi connectivity index (χ4n) is 6.13. The van der Waals surface area contributed by atoms with E-state index < -0.39 is 5.91 Å². The molecule has 0 aliphatic carbocycles. The zero-order valence-electron chi connectivity index (χ0n) is 23.6. The molecule has 0 bridgehead atoms. The monoisotopic (exact) mass is 622 g/mol. The molecule has 2 aromatic carbocycles. The van der Waals surface area contributed by atoms with Gasteiger partial charge in [0.1, 0.15) is 0 Å². The van der Waals surface area contributed by atoms with Gasteiger partial charge >= 0.3 is 0 Å². The van der Waals surface area contributed by atoms with Gasteiger partial charge in [-0.1, -0.05) is 47.3 Å². The number of halogens is 1. The lowest BCUT2D eigenvalue weighted by atomic mass is 9.90. The van der Waals surface area contributed by atoms with Crippen molar-refractivity contribution in [2.24, 2.45) is 11.7 Å². The van der Waals surface area contributed by atoms with Crippen molar-refractivity contribution >= 4 is 50.2 Å². The van der Waals surface area contributed by atoms with Gasteiger partial charge in [-0.15, -0.1) is 0 Å². The van der Waals surface area contributed by atoms with E-state index in [2.05, 4.69) is 43.6 Å². The Morgan fingerprint density at radius 1 is 1.12 bits per heavy atom. The Morgan fingerprint density at radius 3 is 2.68 bits per heavy atom. The molecular formula is C31H39BrN6O3. The van der Waals surface area contributed by atoms with Gasteiger partial charge in [-0.2, -0.15) is 5.10 Å². The molecule has 218 valence electrons. The van der Waals surface area contributed by atoms with Crippen molar-refractivity contribution in [3.8, 4) is 0 Å². The van der Waals surface area contributed by atoms with E-state index in [1.54, 1.807) is 6.07 Å². The second-order valence-electron chi connectivity index (χ2n) is 11.3. The Morgan fingerprint density at radius 2 is 1.93 bits per heavy atom. The number of rotatable bonds is 11. The summed E-state index contributed by atoms with van der Waals surface area (Å²) in [6.07, 6.45) is 7.89. The van der Waals surface area contributed by atoms with Crippen LogP contribution in [0, 0.1) is 12.8 Å². The fourth-order valence-corrected chi connectivity index (χ4v) is 6.63. The zero-order chi connectivity index (χ0) is 28.9. The van der Waals surface area contributed by atoms with Gasteiger partial charge in [0, 0.05) is 59.3 Å². The maximum absolute atomic E-state index is 12.2. The number of hydrogen-bond donors (Lipinski definition) is 3. The van der Waals surface area contributed by atoms with Gasteiger partial charge in [-0.25, -0.2) is 0 Å². The first kappa shape index (κ1) is 29.3. The second-order valence-corrected chi connectivity index (χ2v) is 12.2. The number of anilines is 1. The first-order valence-corrected chi connectivity index (χ1v) is 15.5. The van der Waals surface area contributed by atoms with Crippen LogP contribution in [0.1, 0.15) is 73.0 Å². The van der Waals surface area contributed by atoms with Crippen molar-refractivity contribution in [3.63, 3.8) is 0 Å². The predicted molar refractivity (Wildman–Crippen MR) is 164 cm³/mol. The van der Waals surface area contributed by atoms with Crippen molar-refractivity contribution in [1.29, 1.82) is 0 Å². The van der Waals surface area contributed by atoms with Gasteiger partial charge in [0.2, 0.25) is 17.7 Å². The first-order valence-electron chi connectivity index (χ1n) is 14.7. The van der Waals surface area contributed by atoms with Crippen LogP contribution < -0.4 is 21.3 Å². The molecule has 0 spiro atoms. The number of nitrogens with one attached hydrogen (secondary N) is 2. The molecule has 1 aromatic heterocycles. The Bertz CT molecular complexity index is 1430. The third-order valence-corrected chi connectivity index (χ3v) is 9.26. The molecule has 3 aromatic rings. The summed E-state index contributed by atoms with van der Waals surface area (Å²) in [6.45, 7) is 5.45. The lowest BCUT2D eigenvalue weighted by Crippen LogP contribution is -2.50. The van der Waals surface area contributed by atoms with Crippen LogP contribution in [-0.4, -0.2) is 46.6 Å². The lowest BCUT2D eigenvalue weighted by molar-refractivity contribution is -0.134. The quantitative estimate of drug-likeness (QED) is 0.213. The number of fused-ring (bicyclic) bond motifs is 1. The van der Waals surface area contributed by atoms with Crippen LogP contribution in [0.4, 0.5) is 5.69 Å². The van der Waals surface area contributed by atoms with Crippen molar-refractivity contribution < 1.29 is 14.4 Å². The Kier molecular flexibility index (Phi) is 9.39. The number of benzene rings is 2. The molecule has 41 heavy (non-hydrogen) atoms. The van der Waals surface area contributed by atoms with Crippen LogP contribution in [0.25, 0.3) is 10.9 Å². The fraction of sp³-hybridized carbons (Fsp3) is 0.484. The van der Waals surface area contributed by atoms with E-state index in [0.29, 0.717) is 24.9 Å². The first-order chi connectivity index (χ1) is 19.8. The summed E-state index contributed by atoms with van der Waals surface area (Å²) in [6, 6.07) is 11.5. The minimum absolute atomic E-state index is 0.195. The van der Waals surface area contributed by atoms with Crippen LogP contribution in [0.5, 0.6) is 0 Å². The van der Waals surface area contributed by atoms with Gasteiger partial charge in [-0.3, -0.25) is 24.4 Å². The number of amides is 3. The minimum Gasteiger partial charge on any atom is -0.371 e. The van der Waals surface area contributed by atoms with E-state index in [0.717, 1.165) is 65.0 Å². The van der Waals surface area contributed by atoms with Crippen molar-refractivity contribution in [1.82, 2.24) is 20.4 Å². The van der Waals surface area contributed by atoms with Crippen LogP contribution in [-0.2, 0) is 22.7 Å². The zero-order valence-corrected chi connectivity index (χ0v) is 25.2. The van der Waals surface area contributed by atoms with Crippen molar-refractivity contribution in [2.45, 2.75) is 77.4 Å². The van der Waals surface area contributed by atoms with Crippen LogP contribution in [0.3, 0.4) is 0 Å². The third kappa shape index (κ3) is 6.98. The van der Waals surface area contributed by atoms with Gasteiger partial charge in [0.25, 0.3) is 0 Å². The molecule has 3 heterocycles. The molecule has 4 N–H and O–H groups in total. The summed E-state index contributed by atoms with van der Waals surface area (Å²) in [5.74, 6) is -0.113. The smallest absolute Gasteiger partial charge is 0.248 e. The highest BCUT2D eigenvalue weighted by atomic mass is 79.9. The molecule has 0 radical (unpaired) electrons. The highest BCUT2D eigenvalue weighted by Crippen LogP contribution is 2.32. The molecule has 2 aliphatic heterocycles. The highest BCUT2D eigenvalue weighted by molar-refractivity contribution is 9.10. The number of imide groups is 1. The van der Waals surface area contributed by atoms with Crippen LogP contribution in [0.15, 0.2) is 40.9 Å². The number of carbonyl (C=O) groups is 3. The SMILES string of the molecule is Cc1nn(CCCCCC2CCN(c3cccc(Br)c3CNC3CCC(=O)NC3=O)CC2)c2cc(C(N)=O)ccc12. The molecule has 10 heteroatoms. The number of aromatic nitrogens is 2. The number of piperidine rings is 2. The molecule has 1 atom stereocenters. The Labute approximate surface area is 249 Å². The standard InChI is InChI=1S/C31H39BrN6O3/c1-20-23-10-9-22(30(33)40)18-28(23)38(36-20)15-4-2-3-6-21-13-16-37(17-14-21)27-8-5-7-25(32)24(27)19-34-26-11-12-29(39)35-31(26)41/h5,7-10,18,21,26,34H,2-4,6,11-17,19H2,1H3,(H2,33,40)(H,35,39,41). The lowest BCUT2D eigenvalue weighted by Gasteiger charge is -2.35. The summed E-state index contributed by atoms with van der Waals surface area (Å²) in [5, 5.41) is 11.6. The maximum Gasteiger partial charge on any atom is 0.248 e. The molecule has 3 amide bonds. The second kappa shape index (κ2) is 13.2. The number of nitrogens with two attached hydrogens (primary N) is 1. The molecule has 9 nitrogen and oxygen atoms in total. The highest BCUT2D eigenvalue weighted by Gasteiger charge is 2.27. The van der Waals surface area contributed by atoms with Gasteiger partial charge in [-0.05, 0) is 62.8 Å². The van der Waals surface area contributed by atoms with E-state index >= 15 is 0 Å². The average molecular weight is 624 g/mol. The van der Waals surface area contributed by atoms with E-state index in [-0.39, 0.29) is 17.9 Å². The minimum atomic E-state index is -0.414. The largest absolute Gasteiger partial charge is 0.371 e. The summed E-state index contributed by atoms with van der Waals surface area (Å²) >= 11 is 3.72. The van der Waals surface area contributed by atoms with E-state index in [1.807, 2.05) is 29.8 Å². The molecule has 2 aliphatic rings. The number of aryl methyl sites for hydroxylation is 2. The summed E-state index contributed by atoms with van der Waals surface area (Å²) in [7, 11) is 0. The molecule has 1 unspecified atom stereocenters. The van der Waals surface area contributed by atoms with Crippen LogP contribution in [0.2, 0.25) is 0 Å².